The van der Waals surface area contributed by atoms with E-state index in [1.807, 2.05) is 4.72 Å². The van der Waals surface area contributed by atoms with Crippen molar-refractivity contribution in [1.29, 1.82) is 0 Å². The van der Waals surface area contributed by atoms with Crippen LogP contribution in [-0.2, 0) is 14.8 Å². The van der Waals surface area contributed by atoms with Crippen LogP contribution in [-0.4, -0.2) is 42.2 Å². The zero-order valence-corrected chi connectivity index (χ0v) is 12.0. The molecule has 1 rings (SSSR count). The van der Waals surface area contributed by atoms with Crippen LogP contribution in [0.15, 0.2) is 10.3 Å². The molecule has 3 N–H and O–H groups in total. The van der Waals surface area contributed by atoms with Crippen LogP contribution in [0.3, 0.4) is 0 Å². The number of halogens is 1. The molecule has 0 fully saturated rings. The number of nitrogens with one attached hydrogen (secondary N) is 1. The average Bonchev–Trinajstić information content (AvgIpc) is 2.71. The SMILES string of the molecule is O=C(O)[C@@H](CCO)NS(=O)(=O)c1cc([N+](=O)[O-])c(Cl)s1. The summed E-state index contributed by atoms with van der Waals surface area (Å²) < 4.78 is 24.8. The molecule has 0 radical (unpaired) electrons. The van der Waals surface area contributed by atoms with Gasteiger partial charge in [-0.25, -0.2) is 8.42 Å². The highest BCUT2D eigenvalue weighted by Gasteiger charge is 2.29. The molecule has 0 aliphatic heterocycles. The van der Waals surface area contributed by atoms with Crippen molar-refractivity contribution in [2.75, 3.05) is 6.61 Å². The minimum absolute atomic E-state index is 0.329. The molecule has 1 aromatic heterocycles. The highest BCUT2D eigenvalue weighted by molar-refractivity contribution is 7.91. The molecule has 20 heavy (non-hydrogen) atoms. The molecule has 0 saturated heterocycles. The van der Waals surface area contributed by atoms with Crippen molar-refractivity contribution in [1.82, 2.24) is 4.72 Å². The van der Waals surface area contributed by atoms with Crippen molar-refractivity contribution in [2.24, 2.45) is 0 Å². The highest BCUT2D eigenvalue weighted by Crippen LogP contribution is 2.36. The first-order valence-corrected chi connectivity index (χ1v) is 7.66. The number of aliphatic carboxylic acids is 1. The number of thiophene rings is 1. The second-order valence-corrected chi connectivity index (χ2v) is 7.10. The van der Waals surface area contributed by atoms with E-state index in [2.05, 4.69) is 0 Å². The van der Waals surface area contributed by atoms with Gasteiger partial charge in [-0.3, -0.25) is 14.9 Å². The molecule has 9 nitrogen and oxygen atoms in total. The number of hydrogen-bond donors (Lipinski definition) is 3. The molecule has 0 amide bonds. The van der Waals surface area contributed by atoms with Crippen LogP contribution in [0.5, 0.6) is 0 Å². The lowest BCUT2D eigenvalue weighted by atomic mass is 10.2. The summed E-state index contributed by atoms with van der Waals surface area (Å²) in [5.74, 6) is -1.47. The third kappa shape index (κ3) is 3.86. The summed E-state index contributed by atoms with van der Waals surface area (Å²) in [7, 11) is -4.27. The lowest BCUT2D eigenvalue weighted by molar-refractivity contribution is -0.384. The Labute approximate surface area is 122 Å². The van der Waals surface area contributed by atoms with Crippen LogP contribution in [0.1, 0.15) is 6.42 Å². The first-order valence-electron chi connectivity index (χ1n) is 4.98. The average molecular weight is 345 g/mol. The smallest absolute Gasteiger partial charge is 0.321 e. The van der Waals surface area contributed by atoms with Crippen molar-refractivity contribution >= 4 is 44.6 Å². The standard InChI is InChI=1S/C8H9ClN2O7S2/c9-7-5(11(15)16)3-6(19-7)20(17,18)10-4(1-2-12)8(13)14/h3-4,10,12H,1-2H2,(H,13,14)/t4-/m1/s1. The predicted molar refractivity (Wildman–Crippen MR) is 69.4 cm³/mol. The number of carboxylic acids is 1. The number of carbonyl (C=O) groups is 1. The lowest BCUT2D eigenvalue weighted by Crippen LogP contribution is -2.41. The molecule has 112 valence electrons. The van der Waals surface area contributed by atoms with E-state index in [1.54, 1.807) is 0 Å². The largest absolute Gasteiger partial charge is 0.480 e. The first kappa shape index (κ1) is 16.8. The molecule has 1 heterocycles. The fourth-order valence-corrected chi connectivity index (χ4v) is 4.11. The van der Waals surface area contributed by atoms with Crippen LogP contribution in [0.4, 0.5) is 5.69 Å². The Morgan fingerprint density at radius 3 is 2.60 bits per heavy atom. The molecular weight excluding hydrogens is 336 g/mol. The van der Waals surface area contributed by atoms with Gasteiger partial charge in [-0.15, -0.1) is 11.3 Å². The normalized spacial score (nSPS) is 13.1. The maximum Gasteiger partial charge on any atom is 0.321 e. The summed E-state index contributed by atoms with van der Waals surface area (Å²) in [6.07, 6.45) is -0.338. The topological polar surface area (TPSA) is 147 Å². The van der Waals surface area contributed by atoms with Crippen molar-refractivity contribution in [2.45, 2.75) is 16.7 Å². The Bertz CT molecular complexity index is 627. The van der Waals surface area contributed by atoms with Crippen molar-refractivity contribution in [3.05, 3.63) is 20.5 Å². The molecule has 1 atom stereocenters. The van der Waals surface area contributed by atoms with E-state index in [0.29, 0.717) is 11.3 Å². The van der Waals surface area contributed by atoms with Gasteiger partial charge in [0.1, 0.15) is 10.3 Å². The molecule has 0 saturated carbocycles. The number of aliphatic hydroxyl groups is 1. The van der Waals surface area contributed by atoms with Crippen molar-refractivity contribution in [3.8, 4) is 0 Å². The molecule has 0 aromatic carbocycles. The summed E-state index contributed by atoms with van der Waals surface area (Å²) in [6.45, 7) is -0.537. The molecule has 0 bridgehead atoms. The van der Waals surface area contributed by atoms with Gasteiger partial charge < -0.3 is 10.2 Å². The Morgan fingerprint density at radius 1 is 1.60 bits per heavy atom. The van der Waals surface area contributed by atoms with E-state index >= 15 is 0 Å². The van der Waals surface area contributed by atoms with Gasteiger partial charge >= 0.3 is 5.97 Å². The number of carboxylic acid groups (broad SMARTS) is 1. The third-order valence-electron chi connectivity index (χ3n) is 2.12. The zero-order valence-electron chi connectivity index (χ0n) is 9.65. The predicted octanol–water partition coefficient (Wildman–Crippen LogP) is 0.424. The number of nitro groups is 1. The lowest BCUT2D eigenvalue weighted by Gasteiger charge is -2.12. The summed E-state index contributed by atoms with van der Waals surface area (Å²) in [6, 6.07) is -0.794. The van der Waals surface area contributed by atoms with Gasteiger partial charge in [0.15, 0.2) is 4.34 Å². The van der Waals surface area contributed by atoms with Crippen LogP contribution in [0, 0.1) is 10.1 Å². The van der Waals surface area contributed by atoms with Crippen LogP contribution in [0.25, 0.3) is 0 Å². The van der Waals surface area contributed by atoms with Gasteiger partial charge in [-0.1, -0.05) is 11.6 Å². The second-order valence-electron chi connectivity index (χ2n) is 3.51. The quantitative estimate of drug-likeness (QED) is 0.479. The molecule has 12 heteroatoms. The van der Waals surface area contributed by atoms with E-state index in [4.69, 9.17) is 21.8 Å². The van der Waals surface area contributed by atoms with Crippen molar-refractivity contribution < 1.29 is 28.3 Å². The number of nitrogens with zero attached hydrogens (tertiary/aromatic N) is 1. The molecular formula is C8H9ClN2O7S2. The Kier molecular flexibility index (Phi) is 5.42. The summed E-state index contributed by atoms with van der Waals surface area (Å²) in [5.41, 5.74) is -0.578. The maximum atomic E-state index is 11.9. The fraction of sp³-hybridized carbons (Fsp3) is 0.375. The van der Waals surface area contributed by atoms with Gasteiger partial charge in [0.2, 0.25) is 0 Å². The zero-order chi connectivity index (χ0) is 15.5. The molecule has 1 aromatic rings. The second kappa shape index (κ2) is 6.45. The third-order valence-corrected chi connectivity index (χ3v) is 5.40. The maximum absolute atomic E-state index is 11.9. The monoisotopic (exact) mass is 344 g/mol. The molecule has 0 aliphatic rings. The number of rotatable bonds is 7. The van der Waals surface area contributed by atoms with E-state index in [-0.39, 0.29) is 10.8 Å². The van der Waals surface area contributed by atoms with Gasteiger partial charge in [0, 0.05) is 12.7 Å². The van der Waals surface area contributed by atoms with Gasteiger partial charge in [-0.05, 0) is 6.42 Å². The van der Waals surface area contributed by atoms with Gasteiger partial charge in [0.05, 0.1) is 4.92 Å². The van der Waals surface area contributed by atoms with E-state index in [9.17, 15) is 23.3 Å². The Morgan fingerprint density at radius 2 is 2.20 bits per heavy atom. The molecule has 0 unspecified atom stereocenters. The van der Waals surface area contributed by atoms with E-state index in [0.717, 1.165) is 6.07 Å². The summed E-state index contributed by atoms with van der Waals surface area (Å²) in [5, 5.41) is 28.0. The van der Waals surface area contributed by atoms with Crippen molar-refractivity contribution in [3.63, 3.8) is 0 Å². The minimum Gasteiger partial charge on any atom is -0.480 e. The number of aliphatic hydroxyl groups excluding tert-OH is 1. The Balaban J connectivity index is 3.07. The number of sulfonamides is 1. The van der Waals surface area contributed by atoms with Crippen LogP contribution >= 0.6 is 22.9 Å². The van der Waals surface area contributed by atoms with E-state index < -0.39 is 43.5 Å². The summed E-state index contributed by atoms with van der Waals surface area (Å²) in [4.78, 5) is 20.5. The molecule has 0 aliphatic carbocycles. The Hall–Kier alpha value is -1.27. The fourth-order valence-electron chi connectivity index (χ4n) is 1.20. The van der Waals surface area contributed by atoms with Crippen LogP contribution in [0.2, 0.25) is 4.34 Å². The summed E-state index contributed by atoms with van der Waals surface area (Å²) >= 11 is 5.97. The highest BCUT2D eigenvalue weighted by atomic mass is 35.5. The van der Waals surface area contributed by atoms with E-state index in [1.165, 1.54) is 0 Å². The minimum atomic E-state index is -4.27. The van der Waals surface area contributed by atoms with Gasteiger partial charge in [0.25, 0.3) is 15.7 Å². The molecule has 0 spiro atoms. The first-order chi connectivity index (χ1) is 9.19. The van der Waals surface area contributed by atoms with Gasteiger partial charge in [-0.2, -0.15) is 4.72 Å². The van der Waals surface area contributed by atoms with Crippen LogP contribution < -0.4 is 4.72 Å². The number of hydrogen-bond acceptors (Lipinski definition) is 7.